The third-order valence-electron chi connectivity index (χ3n) is 4.91. The van der Waals surface area contributed by atoms with Gasteiger partial charge in [0.2, 0.25) is 0 Å². The van der Waals surface area contributed by atoms with Gasteiger partial charge in [-0.2, -0.15) is 15.8 Å². The third-order valence-corrected chi connectivity index (χ3v) is 4.91. The Labute approximate surface area is 170 Å². The summed E-state index contributed by atoms with van der Waals surface area (Å²) in [6.07, 6.45) is 8.08. The van der Waals surface area contributed by atoms with E-state index in [2.05, 4.69) is 57.9 Å². The van der Waals surface area contributed by atoms with Crippen LogP contribution >= 0.6 is 0 Å². The van der Waals surface area contributed by atoms with E-state index in [1.165, 1.54) is 0 Å². The Morgan fingerprint density at radius 3 is 2.41 bits per heavy atom. The number of unbranched alkanes of at least 4 members (excludes halogenated alkanes) is 3. The zero-order valence-electron chi connectivity index (χ0n) is 16.5. The van der Waals surface area contributed by atoms with Crippen LogP contribution in [0.2, 0.25) is 0 Å². The van der Waals surface area contributed by atoms with E-state index in [1.807, 2.05) is 6.07 Å². The Bertz CT molecular complexity index is 1110. The lowest BCUT2D eigenvalue weighted by atomic mass is 10.2. The van der Waals surface area contributed by atoms with Gasteiger partial charge in [0.05, 0.1) is 24.8 Å². The van der Waals surface area contributed by atoms with Crippen LogP contribution in [0.5, 0.6) is 5.75 Å². The van der Waals surface area contributed by atoms with Crippen LogP contribution < -0.4 is 9.30 Å². The van der Waals surface area contributed by atoms with E-state index in [-0.39, 0.29) is 0 Å². The monoisotopic (exact) mass is 386 g/mol. The lowest BCUT2D eigenvalue weighted by molar-refractivity contribution is -0.696. The van der Waals surface area contributed by atoms with Crippen molar-refractivity contribution in [3.63, 3.8) is 0 Å². The molecule has 2 heterocycles. The van der Waals surface area contributed by atoms with Crippen molar-refractivity contribution in [1.82, 2.24) is 4.57 Å². The standard InChI is InChI=1S/C23H24N5O/c24-10-1-4-13-27-15-9-20-21-17-19(29-16-6-3-12-26)7-8-22(21)28(23(20)18-27)14-5-2-11-25/h7-9,15,17-18H,1-6,13-14,16H2/q+1. The van der Waals surface area contributed by atoms with E-state index < -0.39 is 0 Å². The second-order valence-electron chi connectivity index (χ2n) is 6.95. The topological polar surface area (TPSA) is 89.4 Å². The summed E-state index contributed by atoms with van der Waals surface area (Å²) < 4.78 is 10.2. The first-order valence-electron chi connectivity index (χ1n) is 9.97. The first kappa shape index (κ1) is 20.2. The van der Waals surface area contributed by atoms with Crippen LogP contribution in [0.3, 0.4) is 0 Å². The summed E-state index contributed by atoms with van der Waals surface area (Å²) in [7, 11) is 0. The minimum absolute atomic E-state index is 0.492. The fourth-order valence-corrected chi connectivity index (χ4v) is 3.53. The molecule has 0 fully saturated rings. The number of aromatic nitrogens is 2. The number of rotatable bonds is 10. The van der Waals surface area contributed by atoms with Crippen LogP contribution in [0.25, 0.3) is 21.8 Å². The predicted octanol–water partition coefficient (Wildman–Crippen LogP) is 4.37. The molecule has 2 aromatic heterocycles. The SMILES string of the molecule is N#CCCCOc1ccc2c(c1)c1cc[n+](CCCC#N)cc1n2CCCC#N. The molecule has 0 saturated carbocycles. The van der Waals surface area contributed by atoms with Crippen molar-refractivity contribution in [3.8, 4) is 24.0 Å². The van der Waals surface area contributed by atoms with Gasteiger partial charge in [-0.25, -0.2) is 4.57 Å². The van der Waals surface area contributed by atoms with Crippen molar-refractivity contribution in [2.24, 2.45) is 0 Å². The van der Waals surface area contributed by atoms with Crippen LogP contribution in [0.1, 0.15) is 38.5 Å². The number of hydrogen-bond donors (Lipinski definition) is 0. The van der Waals surface area contributed by atoms with Crippen molar-refractivity contribution in [1.29, 1.82) is 15.8 Å². The Morgan fingerprint density at radius 2 is 1.62 bits per heavy atom. The molecule has 1 aromatic carbocycles. The summed E-state index contributed by atoms with van der Waals surface area (Å²) in [5, 5.41) is 28.6. The number of pyridine rings is 1. The van der Waals surface area contributed by atoms with E-state index in [9.17, 15) is 0 Å². The molecule has 29 heavy (non-hydrogen) atoms. The Balaban J connectivity index is 1.97. The van der Waals surface area contributed by atoms with Crippen LogP contribution in [0.4, 0.5) is 0 Å². The molecule has 0 unspecified atom stereocenters. The maximum absolute atomic E-state index is 8.92. The molecule has 3 rings (SSSR count). The maximum atomic E-state index is 8.92. The smallest absolute Gasteiger partial charge is 0.193 e. The highest BCUT2D eigenvalue weighted by molar-refractivity contribution is 6.08. The molecule has 3 aromatic rings. The molecular weight excluding hydrogens is 362 g/mol. The second kappa shape index (κ2) is 10.1. The fourth-order valence-electron chi connectivity index (χ4n) is 3.53. The van der Waals surface area contributed by atoms with Gasteiger partial charge in [-0.15, -0.1) is 0 Å². The Morgan fingerprint density at radius 1 is 0.862 bits per heavy atom. The van der Waals surface area contributed by atoms with Crippen molar-refractivity contribution in [3.05, 3.63) is 36.7 Å². The average Bonchev–Trinajstić information content (AvgIpc) is 3.04. The lowest BCUT2D eigenvalue weighted by Gasteiger charge is -2.07. The Kier molecular flexibility index (Phi) is 7.04. The van der Waals surface area contributed by atoms with E-state index in [0.29, 0.717) is 32.3 Å². The quantitative estimate of drug-likeness (QED) is 0.382. The summed E-state index contributed by atoms with van der Waals surface area (Å²) in [6.45, 7) is 2.10. The molecule has 146 valence electrons. The molecule has 0 radical (unpaired) electrons. The molecule has 0 aliphatic heterocycles. The molecule has 0 saturated heterocycles. The van der Waals surface area contributed by atoms with E-state index in [0.717, 1.165) is 53.5 Å². The fraction of sp³-hybridized carbons (Fsp3) is 0.391. The van der Waals surface area contributed by atoms with Gasteiger partial charge in [-0.05, 0) is 31.0 Å². The molecule has 0 spiro atoms. The molecule has 6 heteroatoms. The number of aryl methyl sites for hydroxylation is 2. The maximum Gasteiger partial charge on any atom is 0.193 e. The van der Waals surface area contributed by atoms with Crippen molar-refractivity contribution >= 4 is 21.8 Å². The van der Waals surface area contributed by atoms with Crippen molar-refractivity contribution in [2.75, 3.05) is 6.61 Å². The number of ether oxygens (including phenoxy) is 1. The lowest BCUT2D eigenvalue weighted by Crippen LogP contribution is -2.32. The molecule has 0 aliphatic carbocycles. The largest absolute Gasteiger partial charge is 0.494 e. The van der Waals surface area contributed by atoms with Crippen molar-refractivity contribution < 1.29 is 9.30 Å². The van der Waals surface area contributed by atoms with Gasteiger partial charge >= 0.3 is 0 Å². The zero-order chi connectivity index (χ0) is 20.5. The number of nitriles is 3. The highest BCUT2D eigenvalue weighted by atomic mass is 16.5. The predicted molar refractivity (Wildman–Crippen MR) is 110 cm³/mol. The molecule has 0 atom stereocenters. The minimum Gasteiger partial charge on any atom is -0.494 e. The number of nitrogens with zero attached hydrogens (tertiary/aromatic N) is 5. The normalized spacial score (nSPS) is 10.5. The van der Waals surface area contributed by atoms with Crippen molar-refractivity contribution in [2.45, 2.75) is 51.6 Å². The minimum atomic E-state index is 0.492. The highest BCUT2D eigenvalue weighted by Crippen LogP contribution is 2.31. The summed E-state index contributed by atoms with van der Waals surface area (Å²) in [4.78, 5) is 0. The Hall–Kier alpha value is -3.56. The average molecular weight is 386 g/mol. The van der Waals surface area contributed by atoms with Gasteiger partial charge in [-0.1, -0.05) is 0 Å². The van der Waals surface area contributed by atoms with E-state index in [1.54, 1.807) is 0 Å². The third kappa shape index (κ3) is 4.84. The molecular formula is C23H24N5O+. The summed E-state index contributed by atoms with van der Waals surface area (Å²) in [5.41, 5.74) is 2.25. The first-order chi connectivity index (χ1) is 14.3. The van der Waals surface area contributed by atoms with Crippen LogP contribution in [-0.2, 0) is 13.1 Å². The second-order valence-corrected chi connectivity index (χ2v) is 6.95. The van der Waals surface area contributed by atoms with E-state index in [4.69, 9.17) is 20.5 Å². The molecule has 6 nitrogen and oxygen atoms in total. The first-order valence-corrected chi connectivity index (χ1v) is 9.97. The van der Waals surface area contributed by atoms with Gasteiger partial charge in [0.15, 0.2) is 12.4 Å². The summed E-state index contributed by atoms with van der Waals surface area (Å²) in [5.74, 6) is 0.803. The van der Waals surface area contributed by atoms with Gasteiger partial charge in [-0.3, -0.25) is 0 Å². The molecule has 0 N–H and O–H groups in total. The van der Waals surface area contributed by atoms with E-state index >= 15 is 0 Å². The number of hydrogen-bond acceptors (Lipinski definition) is 4. The van der Waals surface area contributed by atoms with Crippen LogP contribution in [0.15, 0.2) is 36.7 Å². The van der Waals surface area contributed by atoms with Gasteiger partial charge in [0.1, 0.15) is 17.8 Å². The highest BCUT2D eigenvalue weighted by Gasteiger charge is 2.15. The number of fused-ring (bicyclic) bond motifs is 3. The molecule has 0 aliphatic rings. The zero-order valence-corrected chi connectivity index (χ0v) is 16.5. The van der Waals surface area contributed by atoms with Crippen LogP contribution in [0, 0.1) is 34.0 Å². The van der Waals surface area contributed by atoms with Gasteiger partial charge < -0.3 is 9.30 Å². The van der Waals surface area contributed by atoms with Gasteiger partial charge in [0.25, 0.3) is 0 Å². The summed E-state index contributed by atoms with van der Waals surface area (Å²) in [6, 6.07) is 14.8. The molecule has 0 amide bonds. The van der Waals surface area contributed by atoms with Crippen LogP contribution in [-0.4, -0.2) is 11.2 Å². The molecule has 0 bridgehead atoms. The summed E-state index contributed by atoms with van der Waals surface area (Å²) >= 11 is 0. The number of benzene rings is 1. The van der Waals surface area contributed by atoms with Gasteiger partial charge in [0, 0.05) is 54.6 Å².